The number of rotatable bonds is 0. The van der Waals surface area contributed by atoms with Gasteiger partial charge in [-0.2, -0.15) is 0 Å². The molecule has 0 N–H and O–H groups in total. The summed E-state index contributed by atoms with van der Waals surface area (Å²) in [5.41, 5.74) is 1.50. The summed E-state index contributed by atoms with van der Waals surface area (Å²) >= 11 is 0. The third-order valence-corrected chi connectivity index (χ3v) is 3.27. The minimum Gasteiger partial charge on any atom is -0.444 e. The van der Waals surface area contributed by atoms with Crippen molar-refractivity contribution >= 4 is 6.09 Å². The second-order valence-electron chi connectivity index (χ2n) is 7.57. The van der Waals surface area contributed by atoms with Crippen molar-refractivity contribution in [2.75, 3.05) is 6.54 Å². The van der Waals surface area contributed by atoms with E-state index in [0.29, 0.717) is 13.1 Å². The number of carbonyl (C=O) groups is 1. The molecule has 0 fully saturated rings. The van der Waals surface area contributed by atoms with Crippen LogP contribution in [0.3, 0.4) is 0 Å². The molecule has 1 aromatic rings. The van der Waals surface area contributed by atoms with Crippen LogP contribution in [0.15, 0.2) is 6.20 Å². The largest absolute Gasteiger partial charge is 0.444 e. The lowest BCUT2D eigenvalue weighted by molar-refractivity contribution is 0.0220. The first kappa shape index (κ1) is 15.7. The number of fused-ring (bicyclic) bond motifs is 1. The van der Waals surface area contributed by atoms with Crippen molar-refractivity contribution in [2.45, 2.75) is 65.5 Å². The van der Waals surface area contributed by atoms with E-state index in [9.17, 15) is 4.79 Å². The van der Waals surface area contributed by atoms with Crippen molar-refractivity contribution in [1.82, 2.24) is 14.9 Å². The van der Waals surface area contributed by atoms with Crippen LogP contribution in [0.4, 0.5) is 4.79 Å². The Hall–Kier alpha value is -1.65. The molecule has 1 aromatic heterocycles. The summed E-state index contributed by atoms with van der Waals surface area (Å²) in [5.74, 6) is 0.812. The lowest BCUT2D eigenvalue weighted by Crippen LogP contribution is -2.40. The number of amides is 1. The summed E-state index contributed by atoms with van der Waals surface area (Å²) in [7, 11) is 0. The van der Waals surface area contributed by atoms with E-state index < -0.39 is 5.60 Å². The molecular weight excluding hydrogens is 266 g/mol. The van der Waals surface area contributed by atoms with E-state index in [1.807, 2.05) is 27.0 Å². The summed E-state index contributed by atoms with van der Waals surface area (Å²) in [6.45, 7) is 13.0. The van der Waals surface area contributed by atoms with Crippen LogP contribution in [-0.2, 0) is 23.1 Å². The van der Waals surface area contributed by atoms with Gasteiger partial charge >= 0.3 is 6.09 Å². The number of aromatic nitrogens is 2. The first-order valence-corrected chi connectivity index (χ1v) is 7.39. The zero-order chi connectivity index (χ0) is 15.8. The first-order valence-electron chi connectivity index (χ1n) is 7.39. The zero-order valence-electron chi connectivity index (χ0n) is 13.9. The van der Waals surface area contributed by atoms with Gasteiger partial charge in [0.1, 0.15) is 11.4 Å². The summed E-state index contributed by atoms with van der Waals surface area (Å²) < 4.78 is 5.43. The standard InChI is InChI=1S/C16H25N3O2/c1-15(2,3)13-17-9-11-7-8-19(10-12(11)18-13)14(20)21-16(4,5)6/h9H,7-8,10H2,1-6H3. The molecule has 0 atom stereocenters. The van der Waals surface area contributed by atoms with Crippen LogP contribution < -0.4 is 0 Å². The molecule has 0 bridgehead atoms. The molecule has 0 radical (unpaired) electrons. The highest BCUT2D eigenvalue weighted by Crippen LogP contribution is 2.23. The molecular formula is C16H25N3O2. The van der Waals surface area contributed by atoms with Crippen molar-refractivity contribution in [3.05, 3.63) is 23.3 Å². The molecule has 116 valence electrons. The molecule has 1 aliphatic rings. The highest BCUT2D eigenvalue weighted by Gasteiger charge is 2.28. The summed E-state index contributed by atoms with van der Waals surface area (Å²) in [6, 6.07) is 0. The smallest absolute Gasteiger partial charge is 0.410 e. The normalized spacial score (nSPS) is 15.6. The third-order valence-electron chi connectivity index (χ3n) is 3.27. The molecule has 0 spiro atoms. The van der Waals surface area contributed by atoms with Crippen molar-refractivity contribution in [3.63, 3.8) is 0 Å². The minimum absolute atomic E-state index is 0.0940. The van der Waals surface area contributed by atoms with Gasteiger partial charge in [0.25, 0.3) is 0 Å². The Morgan fingerprint density at radius 1 is 1.24 bits per heavy atom. The summed E-state index contributed by atoms with van der Waals surface area (Å²) in [5, 5.41) is 0. The topological polar surface area (TPSA) is 55.3 Å². The zero-order valence-corrected chi connectivity index (χ0v) is 13.9. The fourth-order valence-electron chi connectivity index (χ4n) is 2.15. The summed E-state index contributed by atoms with van der Waals surface area (Å²) in [6.07, 6.45) is 2.40. The second kappa shape index (κ2) is 5.28. The molecule has 2 rings (SSSR count). The van der Waals surface area contributed by atoms with E-state index in [0.717, 1.165) is 23.5 Å². The maximum absolute atomic E-state index is 12.2. The monoisotopic (exact) mass is 291 g/mol. The average Bonchev–Trinajstić information content (AvgIpc) is 2.34. The van der Waals surface area contributed by atoms with Crippen molar-refractivity contribution < 1.29 is 9.53 Å². The molecule has 0 saturated carbocycles. The lowest BCUT2D eigenvalue weighted by Gasteiger charge is -2.31. The Balaban J connectivity index is 2.17. The molecule has 0 aliphatic carbocycles. The van der Waals surface area contributed by atoms with Crippen LogP contribution in [0.5, 0.6) is 0 Å². The molecule has 1 amide bonds. The Kier molecular flexibility index (Phi) is 3.95. The van der Waals surface area contributed by atoms with E-state index in [4.69, 9.17) is 4.74 Å². The fourth-order valence-corrected chi connectivity index (χ4v) is 2.15. The lowest BCUT2D eigenvalue weighted by atomic mass is 9.95. The maximum Gasteiger partial charge on any atom is 0.410 e. The molecule has 0 aromatic carbocycles. The molecule has 21 heavy (non-hydrogen) atoms. The van der Waals surface area contributed by atoms with E-state index in [2.05, 4.69) is 30.7 Å². The number of hydrogen-bond donors (Lipinski definition) is 0. The Morgan fingerprint density at radius 2 is 1.90 bits per heavy atom. The van der Waals surface area contributed by atoms with Crippen LogP contribution in [0.25, 0.3) is 0 Å². The van der Waals surface area contributed by atoms with Gasteiger partial charge in [0, 0.05) is 18.2 Å². The maximum atomic E-state index is 12.2. The van der Waals surface area contributed by atoms with Gasteiger partial charge < -0.3 is 9.64 Å². The SMILES string of the molecule is CC(C)(C)OC(=O)N1CCc2cnc(C(C)(C)C)nc2C1. The van der Waals surface area contributed by atoms with Gasteiger partial charge in [0.05, 0.1) is 12.2 Å². The Bertz CT molecular complexity index is 541. The molecule has 0 saturated heterocycles. The van der Waals surface area contributed by atoms with Gasteiger partial charge in [0.2, 0.25) is 0 Å². The molecule has 0 unspecified atom stereocenters. The number of nitrogens with zero attached hydrogens (tertiary/aromatic N) is 3. The van der Waals surface area contributed by atoms with E-state index in [1.54, 1.807) is 4.90 Å². The average molecular weight is 291 g/mol. The second-order valence-corrected chi connectivity index (χ2v) is 7.57. The molecule has 5 nitrogen and oxygen atoms in total. The van der Waals surface area contributed by atoms with Gasteiger partial charge in [-0.05, 0) is 32.8 Å². The first-order chi connectivity index (χ1) is 9.56. The van der Waals surface area contributed by atoms with Crippen LogP contribution in [-0.4, -0.2) is 33.1 Å². The van der Waals surface area contributed by atoms with Crippen molar-refractivity contribution in [3.8, 4) is 0 Å². The Morgan fingerprint density at radius 3 is 2.48 bits per heavy atom. The fraction of sp³-hybridized carbons (Fsp3) is 0.688. The molecule has 2 heterocycles. The quantitative estimate of drug-likeness (QED) is 0.737. The summed E-state index contributed by atoms with van der Waals surface area (Å²) in [4.78, 5) is 23.0. The van der Waals surface area contributed by atoms with Crippen molar-refractivity contribution in [2.24, 2.45) is 0 Å². The number of ether oxygens (including phenoxy) is 1. The Labute approximate surface area is 126 Å². The third kappa shape index (κ3) is 3.93. The predicted molar refractivity (Wildman–Crippen MR) is 81.1 cm³/mol. The van der Waals surface area contributed by atoms with Crippen LogP contribution in [0.1, 0.15) is 58.6 Å². The van der Waals surface area contributed by atoms with Gasteiger partial charge in [-0.1, -0.05) is 20.8 Å². The highest BCUT2D eigenvalue weighted by atomic mass is 16.6. The molecule has 1 aliphatic heterocycles. The highest BCUT2D eigenvalue weighted by molar-refractivity contribution is 5.68. The molecule has 5 heteroatoms. The van der Waals surface area contributed by atoms with Gasteiger partial charge in [-0.3, -0.25) is 0 Å². The van der Waals surface area contributed by atoms with Crippen LogP contribution >= 0.6 is 0 Å². The van der Waals surface area contributed by atoms with Gasteiger partial charge in [0.15, 0.2) is 0 Å². The van der Waals surface area contributed by atoms with Gasteiger partial charge in [-0.15, -0.1) is 0 Å². The van der Waals surface area contributed by atoms with Gasteiger partial charge in [-0.25, -0.2) is 14.8 Å². The predicted octanol–water partition coefficient (Wildman–Crippen LogP) is 3.07. The van der Waals surface area contributed by atoms with Crippen molar-refractivity contribution in [1.29, 1.82) is 0 Å². The van der Waals surface area contributed by atoms with E-state index in [1.165, 1.54) is 0 Å². The minimum atomic E-state index is -0.473. The van der Waals surface area contributed by atoms with E-state index in [-0.39, 0.29) is 11.5 Å². The van der Waals surface area contributed by atoms with Crippen LogP contribution in [0.2, 0.25) is 0 Å². The van der Waals surface area contributed by atoms with Crippen LogP contribution in [0, 0.1) is 0 Å². The number of carbonyl (C=O) groups excluding carboxylic acids is 1. The van der Waals surface area contributed by atoms with E-state index >= 15 is 0 Å². The number of hydrogen-bond acceptors (Lipinski definition) is 4.